The molecule has 14 heavy (non-hydrogen) atoms. The van der Waals surface area contributed by atoms with E-state index in [0.29, 0.717) is 19.4 Å². The van der Waals surface area contributed by atoms with Crippen molar-refractivity contribution in [3.05, 3.63) is 0 Å². The van der Waals surface area contributed by atoms with Gasteiger partial charge >= 0.3 is 5.97 Å². The largest absolute Gasteiger partial charge is 0.469 e. The minimum atomic E-state index is -0.201. The molecule has 4 nitrogen and oxygen atoms in total. The van der Waals surface area contributed by atoms with Gasteiger partial charge in [-0.3, -0.25) is 9.69 Å². The third kappa shape index (κ3) is 4.83. The predicted molar refractivity (Wildman–Crippen MR) is 53.6 cm³/mol. The van der Waals surface area contributed by atoms with Crippen molar-refractivity contribution in [2.75, 3.05) is 20.2 Å². The van der Waals surface area contributed by atoms with Gasteiger partial charge in [0.05, 0.1) is 19.6 Å². The van der Waals surface area contributed by atoms with E-state index in [0.717, 1.165) is 6.54 Å². The number of methoxy groups -OCH3 is 1. The van der Waals surface area contributed by atoms with Crippen molar-refractivity contribution in [2.24, 2.45) is 0 Å². The Morgan fingerprint density at radius 2 is 2.29 bits per heavy atom. The highest BCUT2D eigenvalue weighted by Gasteiger charge is 2.15. The first-order chi connectivity index (χ1) is 6.65. The van der Waals surface area contributed by atoms with Gasteiger partial charge in [0.25, 0.3) is 0 Å². The Hall–Kier alpha value is -1.08. The van der Waals surface area contributed by atoms with Crippen LogP contribution < -0.4 is 0 Å². The number of hydrogen-bond acceptors (Lipinski definition) is 4. The summed E-state index contributed by atoms with van der Waals surface area (Å²) in [6.45, 7) is 5.55. The van der Waals surface area contributed by atoms with Crippen LogP contribution in [0.15, 0.2) is 0 Å². The Kier molecular flexibility index (Phi) is 6.77. The van der Waals surface area contributed by atoms with E-state index in [-0.39, 0.29) is 12.0 Å². The molecule has 1 atom stereocenters. The molecular weight excluding hydrogens is 180 g/mol. The van der Waals surface area contributed by atoms with Gasteiger partial charge in [-0.1, -0.05) is 6.92 Å². The Morgan fingerprint density at radius 1 is 1.64 bits per heavy atom. The van der Waals surface area contributed by atoms with Crippen LogP contribution in [0, 0.1) is 11.3 Å². The van der Waals surface area contributed by atoms with Crippen LogP contribution in [0.3, 0.4) is 0 Å². The number of nitriles is 1. The zero-order chi connectivity index (χ0) is 11.0. The van der Waals surface area contributed by atoms with Crippen LogP contribution in [0.2, 0.25) is 0 Å². The molecule has 0 amide bonds. The lowest BCUT2D eigenvalue weighted by atomic mass is 10.2. The lowest BCUT2D eigenvalue weighted by molar-refractivity contribution is -0.141. The van der Waals surface area contributed by atoms with E-state index in [1.807, 2.05) is 13.8 Å². The van der Waals surface area contributed by atoms with Crippen LogP contribution >= 0.6 is 0 Å². The molecule has 80 valence electrons. The van der Waals surface area contributed by atoms with E-state index < -0.39 is 0 Å². The summed E-state index contributed by atoms with van der Waals surface area (Å²) in [5.41, 5.74) is 0. The Morgan fingerprint density at radius 3 is 2.71 bits per heavy atom. The molecule has 0 bridgehead atoms. The Labute approximate surface area is 85.5 Å². The smallest absolute Gasteiger partial charge is 0.307 e. The zero-order valence-corrected chi connectivity index (χ0v) is 9.12. The Bertz CT molecular complexity index is 211. The molecule has 0 saturated heterocycles. The normalized spacial score (nSPS) is 12.2. The molecule has 1 unspecified atom stereocenters. The van der Waals surface area contributed by atoms with E-state index in [2.05, 4.69) is 15.7 Å². The maximum Gasteiger partial charge on any atom is 0.307 e. The Balaban J connectivity index is 3.97. The number of carbonyl (C=O) groups excluding carboxylic acids is 1. The molecular formula is C10H18N2O2. The van der Waals surface area contributed by atoms with Crippen LogP contribution in [0.25, 0.3) is 0 Å². The molecule has 0 saturated carbocycles. The molecule has 0 radical (unpaired) electrons. The second kappa shape index (κ2) is 7.34. The summed E-state index contributed by atoms with van der Waals surface area (Å²) in [5.74, 6) is -0.201. The van der Waals surface area contributed by atoms with Crippen molar-refractivity contribution < 1.29 is 9.53 Å². The highest BCUT2D eigenvalue weighted by molar-refractivity contribution is 5.69. The molecule has 0 aliphatic heterocycles. The first kappa shape index (κ1) is 12.9. The summed E-state index contributed by atoms with van der Waals surface area (Å²) in [6.07, 6.45) is 0.884. The van der Waals surface area contributed by atoms with Gasteiger partial charge in [-0.05, 0) is 13.5 Å². The van der Waals surface area contributed by atoms with Crippen molar-refractivity contribution in [3.63, 3.8) is 0 Å². The number of esters is 1. The monoisotopic (exact) mass is 198 g/mol. The summed E-state index contributed by atoms with van der Waals surface area (Å²) in [6, 6.07) is 2.24. The molecule has 4 heteroatoms. The second-order valence-electron chi connectivity index (χ2n) is 3.17. The van der Waals surface area contributed by atoms with Gasteiger partial charge in [0.2, 0.25) is 0 Å². The van der Waals surface area contributed by atoms with Crippen LogP contribution in [0.5, 0.6) is 0 Å². The molecule has 0 aromatic carbocycles. The van der Waals surface area contributed by atoms with E-state index in [9.17, 15) is 4.79 Å². The van der Waals surface area contributed by atoms with E-state index >= 15 is 0 Å². The molecule has 0 heterocycles. The van der Waals surface area contributed by atoms with Gasteiger partial charge in [-0.2, -0.15) is 5.26 Å². The van der Waals surface area contributed by atoms with Crippen molar-refractivity contribution in [1.82, 2.24) is 4.90 Å². The lowest BCUT2D eigenvalue weighted by Crippen LogP contribution is -2.35. The first-order valence-corrected chi connectivity index (χ1v) is 4.83. The molecule has 0 aliphatic carbocycles. The quantitative estimate of drug-likeness (QED) is 0.601. The standard InChI is InChI=1S/C10H18N2O2/c1-4-12(7-5-6-11)9(2)8-10(13)14-3/h9H,4-5,7-8H2,1-3H3. The zero-order valence-electron chi connectivity index (χ0n) is 9.12. The topological polar surface area (TPSA) is 53.3 Å². The first-order valence-electron chi connectivity index (χ1n) is 4.83. The van der Waals surface area contributed by atoms with Gasteiger partial charge in [0.1, 0.15) is 0 Å². The van der Waals surface area contributed by atoms with Gasteiger partial charge < -0.3 is 4.74 Å². The molecule has 0 aromatic heterocycles. The summed E-state index contributed by atoms with van der Waals surface area (Å²) < 4.78 is 4.59. The van der Waals surface area contributed by atoms with E-state index in [4.69, 9.17) is 5.26 Å². The summed E-state index contributed by atoms with van der Waals surface area (Å²) >= 11 is 0. The summed E-state index contributed by atoms with van der Waals surface area (Å²) in [7, 11) is 1.39. The fraction of sp³-hybridized carbons (Fsp3) is 0.800. The summed E-state index contributed by atoms with van der Waals surface area (Å²) in [5, 5.41) is 8.45. The molecule has 0 spiro atoms. The minimum Gasteiger partial charge on any atom is -0.469 e. The van der Waals surface area contributed by atoms with Gasteiger partial charge in [0.15, 0.2) is 0 Å². The van der Waals surface area contributed by atoms with E-state index in [1.165, 1.54) is 7.11 Å². The van der Waals surface area contributed by atoms with Gasteiger partial charge in [0, 0.05) is 19.0 Å². The van der Waals surface area contributed by atoms with Crippen LogP contribution in [0.1, 0.15) is 26.7 Å². The van der Waals surface area contributed by atoms with E-state index in [1.54, 1.807) is 0 Å². The number of carbonyl (C=O) groups is 1. The van der Waals surface area contributed by atoms with Gasteiger partial charge in [-0.15, -0.1) is 0 Å². The number of rotatable bonds is 6. The average Bonchev–Trinajstić information content (AvgIpc) is 2.18. The second-order valence-corrected chi connectivity index (χ2v) is 3.17. The maximum absolute atomic E-state index is 11.0. The third-order valence-electron chi connectivity index (χ3n) is 2.23. The SMILES string of the molecule is CCN(CCC#N)C(C)CC(=O)OC. The van der Waals surface area contributed by atoms with Gasteiger partial charge in [-0.25, -0.2) is 0 Å². The molecule has 0 fully saturated rings. The van der Waals surface area contributed by atoms with Crippen molar-refractivity contribution in [2.45, 2.75) is 32.7 Å². The minimum absolute atomic E-state index is 0.140. The van der Waals surface area contributed by atoms with Crippen molar-refractivity contribution in [3.8, 4) is 6.07 Å². The van der Waals surface area contributed by atoms with Crippen LogP contribution in [-0.4, -0.2) is 37.1 Å². The van der Waals surface area contributed by atoms with Crippen molar-refractivity contribution in [1.29, 1.82) is 5.26 Å². The van der Waals surface area contributed by atoms with Crippen LogP contribution in [-0.2, 0) is 9.53 Å². The summed E-state index contributed by atoms with van der Waals surface area (Å²) in [4.78, 5) is 13.1. The molecule has 0 rings (SSSR count). The predicted octanol–water partition coefficient (Wildman–Crippen LogP) is 1.17. The molecule has 0 N–H and O–H groups in total. The number of ether oxygens (including phenoxy) is 1. The number of hydrogen-bond donors (Lipinski definition) is 0. The fourth-order valence-corrected chi connectivity index (χ4v) is 1.34. The maximum atomic E-state index is 11.0. The number of nitrogens with zero attached hydrogens (tertiary/aromatic N) is 2. The fourth-order valence-electron chi connectivity index (χ4n) is 1.34. The lowest BCUT2D eigenvalue weighted by Gasteiger charge is -2.25. The van der Waals surface area contributed by atoms with Crippen molar-refractivity contribution >= 4 is 5.97 Å². The average molecular weight is 198 g/mol. The third-order valence-corrected chi connectivity index (χ3v) is 2.23. The highest BCUT2D eigenvalue weighted by atomic mass is 16.5. The van der Waals surface area contributed by atoms with Crippen LogP contribution in [0.4, 0.5) is 0 Å². The highest BCUT2D eigenvalue weighted by Crippen LogP contribution is 2.05. The molecule has 0 aromatic rings. The molecule has 0 aliphatic rings.